The van der Waals surface area contributed by atoms with Gasteiger partial charge in [-0.15, -0.1) is 0 Å². The summed E-state index contributed by atoms with van der Waals surface area (Å²) in [7, 11) is 1.48. The van der Waals surface area contributed by atoms with Crippen molar-refractivity contribution >= 4 is 16.8 Å². The van der Waals surface area contributed by atoms with Crippen LogP contribution in [-0.2, 0) is 4.84 Å². The van der Waals surface area contributed by atoms with Gasteiger partial charge >= 0.3 is 0 Å². The van der Waals surface area contributed by atoms with E-state index in [2.05, 4.69) is 9.99 Å². The molecule has 0 bridgehead atoms. The summed E-state index contributed by atoms with van der Waals surface area (Å²) < 4.78 is 0. The molecule has 0 aromatic heterocycles. The van der Waals surface area contributed by atoms with E-state index in [1.165, 1.54) is 7.11 Å². The van der Waals surface area contributed by atoms with Crippen LogP contribution >= 0.6 is 11.6 Å². The van der Waals surface area contributed by atoms with E-state index >= 15 is 0 Å². The Morgan fingerprint density at radius 3 is 2.25 bits per heavy atom. The van der Waals surface area contributed by atoms with E-state index in [-0.39, 0.29) is 5.92 Å². The van der Waals surface area contributed by atoms with Crippen molar-refractivity contribution in [1.29, 1.82) is 0 Å². The van der Waals surface area contributed by atoms with E-state index in [0.717, 1.165) is 0 Å². The van der Waals surface area contributed by atoms with Crippen molar-refractivity contribution in [3.05, 3.63) is 0 Å². The predicted molar refractivity (Wildman–Crippen MR) is 35.1 cm³/mol. The van der Waals surface area contributed by atoms with Gasteiger partial charge < -0.3 is 4.84 Å². The van der Waals surface area contributed by atoms with Crippen LogP contribution in [0.1, 0.15) is 13.8 Å². The predicted octanol–water partition coefficient (Wildman–Crippen LogP) is 1.84. The Labute approximate surface area is 54.5 Å². The first kappa shape index (κ1) is 7.76. The molecule has 8 heavy (non-hydrogen) atoms. The lowest BCUT2D eigenvalue weighted by Gasteiger charge is -1.97. The zero-order valence-corrected chi connectivity index (χ0v) is 6.07. The van der Waals surface area contributed by atoms with Gasteiger partial charge in [-0.05, 0) is 0 Å². The number of rotatable bonds is 2. The zero-order chi connectivity index (χ0) is 6.57. The normalized spacial score (nSPS) is 12.4. The first-order valence-corrected chi connectivity index (χ1v) is 2.82. The third-order valence-corrected chi connectivity index (χ3v) is 1.16. The Bertz CT molecular complexity index is 90.4. The number of hydrogen-bond acceptors (Lipinski definition) is 2. The van der Waals surface area contributed by atoms with Gasteiger partial charge in [-0.1, -0.05) is 30.6 Å². The van der Waals surface area contributed by atoms with E-state index in [0.29, 0.717) is 5.17 Å². The van der Waals surface area contributed by atoms with Crippen LogP contribution < -0.4 is 0 Å². The summed E-state index contributed by atoms with van der Waals surface area (Å²) in [6, 6.07) is 0. The highest BCUT2D eigenvalue weighted by atomic mass is 35.5. The van der Waals surface area contributed by atoms with Crippen molar-refractivity contribution in [2.24, 2.45) is 11.1 Å². The highest BCUT2D eigenvalue weighted by Crippen LogP contribution is 2.00. The lowest BCUT2D eigenvalue weighted by molar-refractivity contribution is 0.213. The molecule has 3 heteroatoms. The first-order valence-electron chi connectivity index (χ1n) is 2.45. The van der Waals surface area contributed by atoms with Gasteiger partial charge in [0.25, 0.3) is 0 Å². The van der Waals surface area contributed by atoms with E-state index in [4.69, 9.17) is 11.6 Å². The Kier molecular flexibility index (Phi) is 3.61. The second-order valence-corrected chi connectivity index (χ2v) is 2.14. The molecule has 0 aliphatic rings. The first-order chi connectivity index (χ1) is 3.68. The standard InChI is InChI=1S/C5H10ClNO/c1-4(2)5(6)7-8-3/h4H,1-3H3/b7-5-. The molecule has 48 valence electrons. The molecule has 0 aliphatic carbocycles. The molecule has 0 spiro atoms. The highest BCUT2D eigenvalue weighted by Gasteiger charge is 1.98. The second kappa shape index (κ2) is 3.72. The molecule has 0 aromatic rings. The van der Waals surface area contributed by atoms with Crippen molar-refractivity contribution in [2.45, 2.75) is 13.8 Å². The fourth-order valence-corrected chi connectivity index (χ4v) is 0.262. The number of halogens is 1. The Hall–Kier alpha value is -0.240. The molecule has 0 rings (SSSR count). The van der Waals surface area contributed by atoms with Gasteiger partial charge in [0.15, 0.2) is 0 Å². The number of oxime groups is 1. The van der Waals surface area contributed by atoms with Gasteiger partial charge in [-0.2, -0.15) is 0 Å². The smallest absolute Gasteiger partial charge is 0.148 e. The maximum Gasteiger partial charge on any atom is 0.148 e. The molecule has 0 heterocycles. The lowest BCUT2D eigenvalue weighted by atomic mass is 10.2. The van der Waals surface area contributed by atoms with Crippen LogP contribution in [0.25, 0.3) is 0 Å². The molecule has 0 aromatic carbocycles. The SMILES string of the molecule is CO/N=C(\Cl)C(C)C. The molecule has 0 unspecified atom stereocenters. The molecule has 0 aliphatic heterocycles. The lowest BCUT2D eigenvalue weighted by Crippen LogP contribution is -1.97. The van der Waals surface area contributed by atoms with Crippen LogP contribution in [0.15, 0.2) is 5.16 Å². The van der Waals surface area contributed by atoms with Crippen LogP contribution in [0.4, 0.5) is 0 Å². The molecule has 0 atom stereocenters. The van der Waals surface area contributed by atoms with E-state index < -0.39 is 0 Å². The summed E-state index contributed by atoms with van der Waals surface area (Å²) in [5.74, 6) is 0.261. The second-order valence-electron chi connectivity index (χ2n) is 1.75. The van der Waals surface area contributed by atoms with Crippen molar-refractivity contribution in [2.75, 3.05) is 7.11 Å². The van der Waals surface area contributed by atoms with E-state index in [9.17, 15) is 0 Å². The quantitative estimate of drug-likeness (QED) is 0.418. The van der Waals surface area contributed by atoms with Gasteiger partial charge in [-0.3, -0.25) is 0 Å². The third kappa shape index (κ3) is 2.86. The summed E-state index contributed by atoms with van der Waals surface area (Å²) in [5.41, 5.74) is 0. The van der Waals surface area contributed by atoms with Crippen LogP contribution in [-0.4, -0.2) is 12.3 Å². The fourth-order valence-electron chi connectivity index (χ4n) is 0.193. The molecule has 0 amide bonds. The summed E-state index contributed by atoms with van der Waals surface area (Å²) in [4.78, 5) is 4.42. The average Bonchev–Trinajstić information content (AvgIpc) is 1.67. The number of nitrogens with zero attached hydrogens (tertiary/aromatic N) is 1. The molecular weight excluding hydrogens is 126 g/mol. The van der Waals surface area contributed by atoms with Gasteiger partial charge in [0.05, 0.1) is 0 Å². The molecule has 2 nitrogen and oxygen atoms in total. The van der Waals surface area contributed by atoms with Crippen LogP contribution in [0.3, 0.4) is 0 Å². The van der Waals surface area contributed by atoms with Crippen molar-refractivity contribution in [1.82, 2.24) is 0 Å². The summed E-state index contributed by atoms with van der Waals surface area (Å²) in [5, 5.41) is 4.01. The van der Waals surface area contributed by atoms with Crippen LogP contribution in [0.2, 0.25) is 0 Å². The van der Waals surface area contributed by atoms with Gasteiger partial charge in [0, 0.05) is 5.92 Å². The van der Waals surface area contributed by atoms with E-state index in [1.54, 1.807) is 0 Å². The number of hydrogen-bond donors (Lipinski definition) is 0. The molecule has 0 saturated heterocycles. The molecule has 0 radical (unpaired) electrons. The minimum atomic E-state index is 0.261. The maximum absolute atomic E-state index is 5.54. The summed E-state index contributed by atoms with van der Waals surface area (Å²) >= 11 is 5.54. The topological polar surface area (TPSA) is 21.6 Å². The fraction of sp³-hybridized carbons (Fsp3) is 0.800. The zero-order valence-electron chi connectivity index (χ0n) is 5.31. The van der Waals surface area contributed by atoms with Crippen molar-refractivity contribution in [3.63, 3.8) is 0 Å². The molecule has 0 N–H and O–H groups in total. The average molecular weight is 136 g/mol. The van der Waals surface area contributed by atoms with E-state index in [1.807, 2.05) is 13.8 Å². The third-order valence-electron chi connectivity index (χ3n) is 0.655. The summed E-state index contributed by atoms with van der Waals surface area (Å²) in [6.45, 7) is 3.90. The molecule has 0 fully saturated rings. The molecule has 0 saturated carbocycles. The Balaban J connectivity index is 3.61. The van der Waals surface area contributed by atoms with Crippen molar-refractivity contribution < 1.29 is 4.84 Å². The molecular formula is C5H10ClNO. The minimum absolute atomic E-state index is 0.261. The largest absolute Gasteiger partial charge is 0.398 e. The summed E-state index contributed by atoms with van der Waals surface area (Å²) in [6.07, 6.45) is 0. The Morgan fingerprint density at radius 2 is 2.12 bits per heavy atom. The van der Waals surface area contributed by atoms with Crippen molar-refractivity contribution in [3.8, 4) is 0 Å². The Morgan fingerprint density at radius 1 is 1.62 bits per heavy atom. The maximum atomic E-state index is 5.54. The van der Waals surface area contributed by atoms with Crippen LogP contribution in [0, 0.1) is 5.92 Å². The van der Waals surface area contributed by atoms with Crippen LogP contribution in [0.5, 0.6) is 0 Å². The minimum Gasteiger partial charge on any atom is -0.398 e. The highest BCUT2D eigenvalue weighted by molar-refractivity contribution is 6.65. The van der Waals surface area contributed by atoms with Gasteiger partial charge in [-0.25, -0.2) is 0 Å². The monoisotopic (exact) mass is 135 g/mol. The van der Waals surface area contributed by atoms with Gasteiger partial charge in [0.1, 0.15) is 12.3 Å². The van der Waals surface area contributed by atoms with Gasteiger partial charge in [0.2, 0.25) is 0 Å².